The first-order valence-corrected chi connectivity index (χ1v) is 11.4. The number of nitrogens with two attached hydrogens (primary N) is 2. The lowest BCUT2D eigenvalue weighted by molar-refractivity contribution is -0.942. The molecule has 3 aliphatic rings. The van der Waals surface area contributed by atoms with Crippen LogP contribution in [0.15, 0.2) is 48.1 Å². The number of hydrogen-bond donors (Lipinski definition) is 5. The molecule has 0 saturated carbocycles. The van der Waals surface area contributed by atoms with E-state index in [0.717, 1.165) is 47.3 Å². The molecule has 35 heavy (non-hydrogen) atoms. The number of carbonyl (C=O) groups is 3. The van der Waals surface area contributed by atoms with E-state index >= 15 is 0 Å². The van der Waals surface area contributed by atoms with Gasteiger partial charge in [-0.05, 0) is 41.5 Å². The Morgan fingerprint density at radius 1 is 1.26 bits per heavy atom. The van der Waals surface area contributed by atoms with E-state index in [1.54, 1.807) is 6.07 Å². The fourth-order valence-electron chi connectivity index (χ4n) is 5.89. The van der Waals surface area contributed by atoms with E-state index in [1.807, 2.05) is 30.4 Å². The summed E-state index contributed by atoms with van der Waals surface area (Å²) < 4.78 is 0.734. The Morgan fingerprint density at radius 2 is 1.91 bits per heavy atom. The molecule has 2 aliphatic carbocycles. The minimum Gasteiger partial charge on any atom is -0.481 e. The molecule has 10 nitrogen and oxygen atoms in total. The number of likely N-dealkylation sites (tertiary alicyclic amines) is 1. The molecule has 0 radical (unpaired) electrons. The number of amides is 1. The number of likely N-dealkylation sites (N-methyl/N-ethyl adjacent to an activating group) is 1. The van der Waals surface area contributed by atoms with Gasteiger partial charge in [0.05, 0.1) is 38.7 Å². The average molecular weight is 486 g/mol. The molecule has 1 aliphatic heterocycles. The zero-order valence-corrected chi connectivity index (χ0v) is 19.8. The van der Waals surface area contributed by atoms with Crippen molar-refractivity contribution in [3.8, 4) is 0 Å². The van der Waals surface area contributed by atoms with Crippen LogP contribution in [-0.2, 0) is 21.4 Å². The highest BCUT2D eigenvalue weighted by molar-refractivity contribution is 5.98. The van der Waals surface area contributed by atoms with Gasteiger partial charge >= 0.3 is 11.9 Å². The van der Waals surface area contributed by atoms with Crippen molar-refractivity contribution in [2.45, 2.75) is 49.2 Å². The van der Waals surface area contributed by atoms with Crippen LogP contribution in [0.3, 0.4) is 0 Å². The summed E-state index contributed by atoms with van der Waals surface area (Å²) in [4.78, 5) is 31.1. The second-order valence-corrected chi connectivity index (χ2v) is 9.71. The summed E-state index contributed by atoms with van der Waals surface area (Å²) in [5.74, 6) is 2.99. The molecule has 1 aromatic carbocycles. The third-order valence-corrected chi connectivity index (χ3v) is 7.68. The number of aliphatic hydroxyl groups is 1. The number of quaternary nitrogens is 1. The molecule has 4 rings (SSSR count). The number of fused-ring (bicyclic) bond motifs is 1. The molecule has 1 unspecified atom stereocenters. The van der Waals surface area contributed by atoms with Crippen LogP contribution < -0.4 is 11.6 Å². The molecule has 188 valence electrons. The predicted octanol–water partition coefficient (Wildman–Crippen LogP) is 0.926. The lowest BCUT2D eigenvalue weighted by Gasteiger charge is -2.63. The zero-order valence-electron chi connectivity index (χ0n) is 19.8. The van der Waals surface area contributed by atoms with Gasteiger partial charge in [0.15, 0.2) is 0 Å². The average Bonchev–Trinajstić information content (AvgIpc) is 2.80. The Hall–Kier alpha value is -3.50. The highest BCUT2D eigenvalue weighted by Crippen LogP contribution is 2.57. The second kappa shape index (κ2) is 9.63. The Balaban J connectivity index is 0.000000371. The Bertz CT molecular complexity index is 1100. The third kappa shape index (κ3) is 4.59. The SMILES string of the molecule is C=CC[N+]1(C)CC[C@]23C/C(=N\N)C=C[C@@]2(O)[C@H]1Cc1ccc(C(N)=O)cc13.O=C(O)CCC(=O)O. The van der Waals surface area contributed by atoms with E-state index in [0.29, 0.717) is 12.0 Å². The second-order valence-electron chi connectivity index (χ2n) is 9.71. The highest BCUT2D eigenvalue weighted by Gasteiger charge is 2.67. The van der Waals surface area contributed by atoms with Crippen LogP contribution in [0.25, 0.3) is 0 Å². The van der Waals surface area contributed by atoms with E-state index in [4.69, 9.17) is 21.8 Å². The van der Waals surface area contributed by atoms with Gasteiger partial charge in [-0.1, -0.05) is 12.6 Å². The van der Waals surface area contributed by atoms with Gasteiger partial charge < -0.3 is 31.4 Å². The lowest BCUT2D eigenvalue weighted by atomic mass is 9.50. The number of allylic oxidation sites excluding steroid dienone is 1. The molecule has 0 spiro atoms. The van der Waals surface area contributed by atoms with Crippen LogP contribution in [0.2, 0.25) is 0 Å². The van der Waals surface area contributed by atoms with Crippen molar-refractivity contribution in [1.29, 1.82) is 0 Å². The molecular formula is C25H33N4O6+. The van der Waals surface area contributed by atoms with Crippen molar-refractivity contribution in [3.05, 3.63) is 59.7 Å². The number of benzene rings is 1. The van der Waals surface area contributed by atoms with E-state index in [9.17, 15) is 19.5 Å². The number of rotatable bonds is 6. The summed E-state index contributed by atoms with van der Waals surface area (Å²) in [5, 5.41) is 31.8. The van der Waals surface area contributed by atoms with Gasteiger partial charge in [-0.3, -0.25) is 14.4 Å². The van der Waals surface area contributed by atoms with Gasteiger partial charge in [-0.2, -0.15) is 5.10 Å². The van der Waals surface area contributed by atoms with Gasteiger partial charge in [0.1, 0.15) is 11.6 Å². The topological polar surface area (TPSA) is 176 Å². The van der Waals surface area contributed by atoms with Gasteiger partial charge in [0.25, 0.3) is 0 Å². The number of carboxylic acids is 2. The maximum atomic E-state index is 12.1. The van der Waals surface area contributed by atoms with E-state index < -0.39 is 28.9 Å². The van der Waals surface area contributed by atoms with Crippen LogP contribution in [-0.4, -0.2) is 75.1 Å². The monoisotopic (exact) mass is 485 g/mol. The third-order valence-electron chi connectivity index (χ3n) is 7.68. The van der Waals surface area contributed by atoms with Crippen LogP contribution in [0, 0.1) is 0 Å². The first kappa shape index (κ1) is 26.1. The number of hydrazone groups is 1. The summed E-state index contributed by atoms with van der Waals surface area (Å²) in [6.07, 6.45) is 7.12. The van der Waals surface area contributed by atoms with Crippen LogP contribution >= 0.6 is 0 Å². The van der Waals surface area contributed by atoms with Crippen molar-refractivity contribution in [2.75, 3.05) is 20.1 Å². The summed E-state index contributed by atoms with van der Waals surface area (Å²) in [6, 6.07) is 5.64. The number of hydrogen-bond acceptors (Lipinski definition) is 6. The zero-order chi connectivity index (χ0) is 26.0. The lowest BCUT2D eigenvalue weighted by Crippen LogP contribution is -2.77. The molecule has 1 amide bonds. The Kier molecular flexibility index (Phi) is 7.18. The van der Waals surface area contributed by atoms with E-state index in [1.165, 1.54) is 0 Å². The van der Waals surface area contributed by atoms with Crippen molar-refractivity contribution in [3.63, 3.8) is 0 Å². The van der Waals surface area contributed by atoms with Crippen LogP contribution in [0.4, 0.5) is 0 Å². The predicted molar refractivity (Wildman–Crippen MR) is 130 cm³/mol. The van der Waals surface area contributed by atoms with E-state index in [2.05, 4.69) is 18.7 Å². The maximum Gasteiger partial charge on any atom is 0.303 e. The first-order chi connectivity index (χ1) is 16.4. The quantitative estimate of drug-likeness (QED) is 0.172. The first-order valence-electron chi connectivity index (χ1n) is 11.4. The van der Waals surface area contributed by atoms with E-state index in [-0.39, 0.29) is 18.9 Å². The van der Waals surface area contributed by atoms with Crippen molar-refractivity contribution < 1.29 is 34.2 Å². The highest BCUT2D eigenvalue weighted by atomic mass is 16.4. The molecule has 1 aromatic rings. The van der Waals surface area contributed by atoms with Gasteiger partial charge in [-0.25, -0.2) is 0 Å². The normalized spacial score (nSPS) is 31.4. The molecule has 4 atom stereocenters. The molecule has 1 fully saturated rings. The van der Waals surface area contributed by atoms with Crippen molar-refractivity contribution >= 4 is 23.6 Å². The Labute approximate surface area is 203 Å². The maximum absolute atomic E-state index is 12.1. The van der Waals surface area contributed by atoms with Gasteiger partial charge in [-0.15, -0.1) is 0 Å². The van der Waals surface area contributed by atoms with Crippen molar-refractivity contribution in [2.24, 2.45) is 16.7 Å². The minimum atomic E-state index is -1.08. The largest absolute Gasteiger partial charge is 0.481 e. The van der Waals surface area contributed by atoms with Gasteiger partial charge in [0, 0.05) is 30.2 Å². The number of primary amides is 1. The summed E-state index contributed by atoms with van der Waals surface area (Å²) in [5.41, 5.74) is 7.34. The standard InChI is InChI=1S/C21H26N4O2.C4H6O4/c1-3-9-25(2)10-8-20-13-16(24-23)6-7-21(20,27)18(25)12-14-4-5-15(19(22)26)11-17(14)20;5-3(6)1-2-4(7)8/h3-7,11,18,27H,1,8-10,12-13,23H2,2H3,(H-,22,26);1-2H2,(H,5,6)(H,7,8)/p+1/b24-16-;/t18-,20-,21-,25?;/m1./s1. The molecule has 10 heteroatoms. The number of piperidine rings is 1. The Morgan fingerprint density at radius 3 is 2.46 bits per heavy atom. The molecule has 1 heterocycles. The smallest absolute Gasteiger partial charge is 0.303 e. The molecular weight excluding hydrogens is 452 g/mol. The fourth-order valence-corrected chi connectivity index (χ4v) is 5.89. The number of carbonyl (C=O) groups excluding carboxylic acids is 1. The fraction of sp³-hybridized carbons (Fsp3) is 0.440. The van der Waals surface area contributed by atoms with Crippen LogP contribution in [0.5, 0.6) is 0 Å². The summed E-state index contributed by atoms with van der Waals surface area (Å²) >= 11 is 0. The number of aliphatic carboxylic acids is 2. The summed E-state index contributed by atoms with van der Waals surface area (Å²) in [6.45, 7) is 5.63. The van der Waals surface area contributed by atoms with Gasteiger partial charge in [0.2, 0.25) is 5.91 Å². The van der Waals surface area contributed by atoms with Crippen LogP contribution in [0.1, 0.15) is 47.2 Å². The minimum absolute atomic E-state index is 0.00764. The molecule has 2 bridgehead atoms. The summed E-state index contributed by atoms with van der Waals surface area (Å²) in [7, 11) is 2.19. The molecule has 1 saturated heterocycles. The van der Waals surface area contributed by atoms with Crippen molar-refractivity contribution in [1.82, 2.24) is 0 Å². The number of carboxylic acid groups (broad SMARTS) is 2. The molecule has 0 aromatic heterocycles. The number of nitrogens with zero attached hydrogens (tertiary/aromatic N) is 2. The molecule has 7 N–H and O–H groups in total.